The third-order valence-electron chi connectivity index (χ3n) is 3.55. The molecule has 0 aliphatic carbocycles. The molecule has 1 rings (SSSR count). The maximum absolute atomic E-state index is 11.2. The van der Waals surface area contributed by atoms with Crippen molar-refractivity contribution in [3.05, 3.63) is 0 Å². The molecule has 3 atom stereocenters. The zero-order valence-corrected chi connectivity index (χ0v) is 11.1. The highest BCUT2D eigenvalue weighted by Crippen LogP contribution is 2.17. The van der Waals surface area contributed by atoms with Gasteiger partial charge in [-0.05, 0) is 40.2 Å². The SMILES string of the molecule is CC(CC(C)(N)C(N)=O)N(C)CC1CCCO1. The van der Waals surface area contributed by atoms with Gasteiger partial charge in [-0.15, -0.1) is 0 Å². The number of primary amides is 1. The van der Waals surface area contributed by atoms with Gasteiger partial charge >= 0.3 is 0 Å². The molecule has 17 heavy (non-hydrogen) atoms. The van der Waals surface area contributed by atoms with Crippen molar-refractivity contribution < 1.29 is 9.53 Å². The van der Waals surface area contributed by atoms with Gasteiger partial charge in [-0.25, -0.2) is 0 Å². The standard InChI is InChI=1S/C12H25N3O2/c1-9(7-12(2,14)11(13)16)15(3)8-10-5-4-6-17-10/h9-10H,4-8,14H2,1-3H3,(H2,13,16). The molecule has 0 spiro atoms. The Hall–Kier alpha value is -0.650. The van der Waals surface area contributed by atoms with Crippen molar-refractivity contribution in [2.24, 2.45) is 11.5 Å². The number of hydrogen-bond donors (Lipinski definition) is 2. The number of hydrogen-bond acceptors (Lipinski definition) is 4. The third kappa shape index (κ3) is 4.26. The highest BCUT2D eigenvalue weighted by Gasteiger charge is 2.30. The summed E-state index contributed by atoms with van der Waals surface area (Å²) >= 11 is 0. The Balaban J connectivity index is 2.40. The Morgan fingerprint density at radius 3 is 2.76 bits per heavy atom. The van der Waals surface area contributed by atoms with Gasteiger partial charge < -0.3 is 21.1 Å². The molecule has 1 aliphatic rings. The molecule has 5 nitrogen and oxygen atoms in total. The molecular weight excluding hydrogens is 218 g/mol. The molecule has 1 saturated heterocycles. The summed E-state index contributed by atoms with van der Waals surface area (Å²) in [5.74, 6) is -0.449. The van der Waals surface area contributed by atoms with Crippen molar-refractivity contribution in [3.63, 3.8) is 0 Å². The Bertz CT molecular complexity index is 262. The largest absolute Gasteiger partial charge is 0.377 e. The van der Waals surface area contributed by atoms with Crippen LogP contribution < -0.4 is 11.5 Å². The first-order valence-electron chi connectivity index (χ1n) is 6.23. The van der Waals surface area contributed by atoms with Crippen molar-refractivity contribution in [3.8, 4) is 0 Å². The zero-order chi connectivity index (χ0) is 13.1. The van der Waals surface area contributed by atoms with Crippen LogP contribution in [0.4, 0.5) is 0 Å². The van der Waals surface area contributed by atoms with Crippen LogP contribution in [0.15, 0.2) is 0 Å². The quantitative estimate of drug-likeness (QED) is 0.692. The predicted molar refractivity (Wildman–Crippen MR) is 67.5 cm³/mol. The van der Waals surface area contributed by atoms with E-state index in [1.165, 1.54) is 0 Å². The van der Waals surface area contributed by atoms with Crippen molar-refractivity contribution in [1.29, 1.82) is 0 Å². The smallest absolute Gasteiger partial charge is 0.237 e. The van der Waals surface area contributed by atoms with E-state index < -0.39 is 11.4 Å². The van der Waals surface area contributed by atoms with E-state index in [2.05, 4.69) is 11.8 Å². The molecule has 1 fully saturated rings. The summed E-state index contributed by atoms with van der Waals surface area (Å²) in [5.41, 5.74) is 10.2. The molecule has 5 heteroatoms. The van der Waals surface area contributed by atoms with Gasteiger partial charge in [-0.3, -0.25) is 4.79 Å². The fourth-order valence-corrected chi connectivity index (χ4v) is 2.16. The first-order valence-corrected chi connectivity index (χ1v) is 6.23. The van der Waals surface area contributed by atoms with Gasteiger partial charge in [-0.1, -0.05) is 0 Å². The third-order valence-corrected chi connectivity index (χ3v) is 3.55. The molecule has 3 unspecified atom stereocenters. The normalized spacial score (nSPS) is 25.8. The van der Waals surface area contributed by atoms with Crippen LogP contribution in [-0.2, 0) is 9.53 Å². The minimum Gasteiger partial charge on any atom is -0.377 e. The average molecular weight is 243 g/mol. The number of carbonyl (C=O) groups is 1. The van der Waals surface area contributed by atoms with Gasteiger partial charge in [0.05, 0.1) is 11.6 Å². The van der Waals surface area contributed by atoms with E-state index in [1.54, 1.807) is 6.92 Å². The lowest BCUT2D eigenvalue weighted by atomic mass is 9.93. The Morgan fingerprint density at radius 2 is 2.29 bits per heavy atom. The van der Waals surface area contributed by atoms with E-state index in [9.17, 15) is 4.79 Å². The van der Waals surface area contributed by atoms with Crippen molar-refractivity contribution in [2.45, 2.75) is 50.8 Å². The molecule has 0 radical (unpaired) electrons. The minimum atomic E-state index is -0.940. The highest BCUT2D eigenvalue weighted by atomic mass is 16.5. The van der Waals surface area contributed by atoms with Crippen LogP contribution in [0.5, 0.6) is 0 Å². The maximum Gasteiger partial charge on any atom is 0.237 e. The van der Waals surface area contributed by atoms with Gasteiger partial charge in [-0.2, -0.15) is 0 Å². The highest BCUT2D eigenvalue weighted by molar-refractivity contribution is 5.83. The summed E-state index contributed by atoms with van der Waals surface area (Å²) in [4.78, 5) is 13.4. The summed E-state index contributed by atoms with van der Waals surface area (Å²) in [6.07, 6.45) is 3.14. The van der Waals surface area contributed by atoms with E-state index >= 15 is 0 Å². The number of ether oxygens (including phenoxy) is 1. The minimum absolute atomic E-state index is 0.210. The van der Waals surface area contributed by atoms with Crippen LogP contribution in [0.2, 0.25) is 0 Å². The van der Waals surface area contributed by atoms with Crippen LogP contribution in [0.1, 0.15) is 33.1 Å². The Morgan fingerprint density at radius 1 is 1.65 bits per heavy atom. The van der Waals surface area contributed by atoms with Crippen molar-refractivity contribution >= 4 is 5.91 Å². The lowest BCUT2D eigenvalue weighted by Crippen LogP contribution is -2.53. The molecule has 0 aromatic heterocycles. The van der Waals surface area contributed by atoms with Gasteiger partial charge in [0.15, 0.2) is 0 Å². The lowest BCUT2D eigenvalue weighted by molar-refractivity contribution is -0.123. The topological polar surface area (TPSA) is 81.6 Å². The summed E-state index contributed by atoms with van der Waals surface area (Å²) in [6.45, 7) is 5.49. The van der Waals surface area contributed by atoms with Crippen LogP contribution in [0, 0.1) is 0 Å². The molecule has 1 aliphatic heterocycles. The molecule has 0 saturated carbocycles. The maximum atomic E-state index is 11.2. The second-order valence-corrected chi connectivity index (χ2v) is 5.41. The fraction of sp³-hybridized carbons (Fsp3) is 0.917. The molecule has 0 bridgehead atoms. The molecule has 100 valence electrons. The predicted octanol–water partition coefficient (Wildman–Crippen LogP) is 0.0785. The summed E-state index contributed by atoms with van der Waals surface area (Å²) in [6, 6.07) is 0.210. The second-order valence-electron chi connectivity index (χ2n) is 5.41. The van der Waals surface area contributed by atoms with E-state index in [4.69, 9.17) is 16.2 Å². The Labute approximate surface area is 103 Å². The number of amides is 1. The Kier molecular flexibility index (Phi) is 4.91. The van der Waals surface area contributed by atoms with Crippen molar-refractivity contribution in [1.82, 2.24) is 4.90 Å². The van der Waals surface area contributed by atoms with Gasteiger partial charge in [0.25, 0.3) is 0 Å². The molecular formula is C12H25N3O2. The number of rotatable bonds is 6. The monoisotopic (exact) mass is 243 g/mol. The van der Waals surface area contributed by atoms with Crippen LogP contribution >= 0.6 is 0 Å². The molecule has 1 heterocycles. The molecule has 0 aromatic carbocycles. The molecule has 4 N–H and O–H groups in total. The van der Waals surface area contributed by atoms with Gasteiger partial charge in [0.1, 0.15) is 0 Å². The molecule has 1 amide bonds. The van der Waals surface area contributed by atoms with E-state index in [0.29, 0.717) is 12.5 Å². The van der Waals surface area contributed by atoms with Crippen molar-refractivity contribution in [2.75, 3.05) is 20.2 Å². The zero-order valence-electron chi connectivity index (χ0n) is 11.1. The van der Waals surface area contributed by atoms with E-state index in [0.717, 1.165) is 26.0 Å². The van der Waals surface area contributed by atoms with Gasteiger partial charge in [0.2, 0.25) is 5.91 Å². The van der Waals surface area contributed by atoms with Gasteiger partial charge in [0, 0.05) is 19.2 Å². The van der Waals surface area contributed by atoms with E-state index in [-0.39, 0.29) is 6.04 Å². The van der Waals surface area contributed by atoms with Crippen LogP contribution in [0.25, 0.3) is 0 Å². The second kappa shape index (κ2) is 5.80. The lowest BCUT2D eigenvalue weighted by Gasteiger charge is -2.32. The van der Waals surface area contributed by atoms with Crippen LogP contribution in [-0.4, -0.2) is 48.7 Å². The first-order chi connectivity index (χ1) is 7.83. The summed E-state index contributed by atoms with van der Waals surface area (Å²) in [7, 11) is 2.03. The number of nitrogens with two attached hydrogens (primary N) is 2. The molecule has 0 aromatic rings. The fourth-order valence-electron chi connectivity index (χ4n) is 2.16. The first kappa shape index (κ1) is 14.4. The number of likely N-dealkylation sites (N-methyl/N-ethyl adjacent to an activating group) is 1. The van der Waals surface area contributed by atoms with Crippen LogP contribution in [0.3, 0.4) is 0 Å². The average Bonchev–Trinajstić information content (AvgIpc) is 2.69. The summed E-state index contributed by atoms with van der Waals surface area (Å²) < 4.78 is 5.59. The summed E-state index contributed by atoms with van der Waals surface area (Å²) in [5, 5.41) is 0. The van der Waals surface area contributed by atoms with E-state index in [1.807, 2.05) is 7.05 Å². The number of nitrogens with zero attached hydrogens (tertiary/aromatic N) is 1. The number of carbonyl (C=O) groups excluding carboxylic acids is 1.